The largest absolute Gasteiger partial charge is 0.359 e. The number of piperidine rings is 1. The Morgan fingerprint density at radius 2 is 2.00 bits per heavy atom. The first-order chi connectivity index (χ1) is 16.0. The van der Waals surface area contributed by atoms with Gasteiger partial charge in [0.1, 0.15) is 5.69 Å². The number of rotatable bonds is 5. The molecular weight excluding hydrogens is 439 g/mol. The highest BCUT2D eigenvalue weighted by Gasteiger charge is 2.34. The number of para-hydroxylation sites is 1. The summed E-state index contributed by atoms with van der Waals surface area (Å²) in [7, 11) is 0. The highest BCUT2D eigenvalue weighted by Crippen LogP contribution is 2.30. The number of likely N-dealkylation sites (tertiary alicyclic amines) is 1. The van der Waals surface area contributed by atoms with Crippen molar-refractivity contribution in [1.82, 2.24) is 24.9 Å². The molecule has 1 amide bonds. The van der Waals surface area contributed by atoms with Crippen molar-refractivity contribution in [3.05, 3.63) is 65.7 Å². The molecule has 170 valence electrons. The zero-order chi connectivity index (χ0) is 22.9. The van der Waals surface area contributed by atoms with Crippen molar-refractivity contribution in [3.63, 3.8) is 0 Å². The Balaban J connectivity index is 1.43. The van der Waals surface area contributed by atoms with Crippen molar-refractivity contribution in [2.24, 2.45) is 5.92 Å². The lowest BCUT2D eigenvalue weighted by Gasteiger charge is -2.40. The van der Waals surface area contributed by atoms with Crippen LogP contribution in [0.4, 0.5) is 9.52 Å². The second-order valence-electron chi connectivity index (χ2n) is 8.46. The molecule has 1 aliphatic rings. The third-order valence-corrected chi connectivity index (χ3v) is 7.29. The van der Waals surface area contributed by atoms with Gasteiger partial charge in [0, 0.05) is 13.1 Å². The molecule has 0 radical (unpaired) electrons. The Labute approximate surface area is 195 Å². The van der Waals surface area contributed by atoms with Crippen molar-refractivity contribution in [2.75, 3.05) is 18.4 Å². The summed E-state index contributed by atoms with van der Waals surface area (Å²) in [6.07, 6.45) is 4.90. The van der Waals surface area contributed by atoms with E-state index in [1.165, 1.54) is 17.2 Å². The highest BCUT2D eigenvalue weighted by molar-refractivity contribution is 7.22. The summed E-state index contributed by atoms with van der Waals surface area (Å²) in [6.45, 7) is 5.04. The number of nitrogens with one attached hydrogen (secondary N) is 1. The predicted octanol–water partition coefficient (Wildman–Crippen LogP) is 4.68. The van der Waals surface area contributed by atoms with Crippen LogP contribution in [0.1, 0.15) is 35.7 Å². The molecule has 4 aromatic rings. The molecule has 0 bridgehead atoms. The molecule has 2 atom stereocenters. The van der Waals surface area contributed by atoms with Crippen LogP contribution in [0.2, 0.25) is 0 Å². The minimum atomic E-state index is -0.480. The van der Waals surface area contributed by atoms with Crippen LogP contribution in [0.5, 0.6) is 0 Å². The van der Waals surface area contributed by atoms with E-state index < -0.39 is 5.82 Å². The van der Waals surface area contributed by atoms with Crippen LogP contribution in [-0.4, -0.2) is 49.9 Å². The fourth-order valence-electron chi connectivity index (χ4n) is 4.47. The molecule has 1 N–H and O–H groups in total. The number of aromatic nitrogens is 4. The average Bonchev–Trinajstić information content (AvgIpc) is 3.49. The first-order valence-electron chi connectivity index (χ1n) is 11.1. The number of carbonyl (C=O) groups excluding carboxylic acids is 1. The summed E-state index contributed by atoms with van der Waals surface area (Å²) in [5.41, 5.74) is 1.77. The summed E-state index contributed by atoms with van der Waals surface area (Å²) in [4.78, 5) is 21.4. The molecule has 7 nitrogen and oxygen atoms in total. The lowest BCUT2D eigenvalue weighted by atomic mass is 9.90. The maximum atomic E-state index is 15.1. The quantitative estimate of drug-likeness (QED) is 0.464. The van der Waals surface area contributed by atoms with Crippen LogP contribution in [0.25, 0.3) is 15.9 Å². The number of nitrogens with zero attached hydrogens (tertiary/aromatic N) is 5. The molecule has 1 fully saturated rings. The highest BCUT2D eigenvalue weighted by atomic mass is 32.1. The van der Waals surface area contributed by atoms with Crippen LogP contribution in [0.15, 0.2) is 48.8 Å². The zero-order valence-corrected chi connectivity index (χ0v) is 19.3. The van der Waals surface area contributed by atoms with Crippen LogP contribution < -0.4 is 5.32 Å². The number of amides is 1. The zero-order valence-electron chi connectivity index (χ0n) is 18.5. The Bertz CT molecular complexity index is 1250. The van der Waals surface area contributed by atoms with Crippen LogP contribution in [0.3, 0.4) is 0 Å². The van der Waals surface area contributed by atoms with Gasteiger partial charge in [0.2, 0.25) is 0 Å². The SMILES string of the molecule is Cc1ccc(C(=O)N2CCC[C@@H](C)[C@H]2CNc2nc3ccccc3s2)c(-n2nccn2)c1F. The number of hydrogen-bond acceptors (Lipinski definition) is 6. The monoisotopic (exact) mass is 464 g/mol. The van der Waals surface area contributed by atoms with Gasteiger partial charge in [-0.25, -0.2) is 9.37 Å². The van der Waals surface area contributed by atoms with Gasteiger partial charge in [-0.2, -0.15) is 10.2 Å². The third kappa shape index (κ3) is 4.08. The summed E-state index contributed by atoms with van der Waals surface area (Å²) in [5, 5.41) is 12.4. The van der Waals surface area contributed by atoms with Crippen molar-refractivity contribution in [3.8, 4) is 5.69 Å². The third-order valence-electron chi connectivity index (χ3n) is 6.29. The lowest BCUT2D eigenvalue weighted by Crippen LogP contribution is -2.51. The van der Waals surface area contributed by atoms with E-state index in [1.54, 1.807) is 30.4 Å². The van der Waals surface area contributed by atoms with Crippen molar-refractivity contribution < 1.29 is 9.18 Å². The maximum Gasteiger partial charge on any atom is 0.256 e. The summed E-state index contributed by atoms with van der Waals surface area (Å²) < 4.78 is 16.2. The fourth-order valence-corrected chi connectivity index (χ4v) is 5.34. The molecule has 2 aromatic carbocycles. The Hall–Kier alpha value is -3.33. The molecule has 5 rings (SSSR count). The average molecular weight is 465 g/mol. The smallest absolute Gasteiger partial charge is 0.256 e. The van der Waals surface area contributed by atoms with Gasteiger partial charge in [-0.05, 0) is 49.4 Å². The molecule has 3 heterocycles. The van der Waals surface area contributed by atoms with E-state index in [-0.39, 0.29) is 23.2 Å². The van der Waals surface area contributed by atoms with Crippen LogP contribution in [-0.2, 0) is 0 Å². The maximum absolute atomic E-state index is 15.1. The van der Waals surface area contributed by atoms with E-state index in [4.69, 9.17) is 0 Å². The minimum absolute atomic E-state index is 0.0407. The Kier molecular flexibility index (Phi) is 5.80. The van der Waals surface area contributed by atoms with Gasteiger partial charge >= 0.3 is 0 Å². The first-order valence-corrected chi connectivity index (χ1v) is 11.9. The number of thiazole rings is 1. The van der Waals surface area contributed by atoms with E-state index in [0.717, 1.165) is 28.2 Å². The van der Waals surface area contributed by atoms with Gasteiger partial charge in [0.05, 0.1) is 34.2 Å². The summed E-state index contributed by atoms with van der Waals surface area (Å²) in [6, 6.07) is 11.3. The molecule has 0 spiro atoms. The van der Waals surface area contributed by atoms with Gasteiger partial charge in [-0.1, -0.05) is 36.5 Å². The van der Waals surface area contributed by atoms with Gasteiger partial charge in [-0.3, -0.25) is 4.79 Å². The fraction of sp³-hybridized carbons (Fsp3) is 0.333. The first kappa shape index (κ1) is 21.5. The normalized spacial score (nSPS) is 18.6. The molecule has 1 saturated heterocycles. The molecule has 2 aromatic heterocycles. The van der Waals surface area contributed by atoms with Crippen molar-refractivity contribution >= 4 is 32.6 Å². The molecule has 1 aliphatic heterocycles. The van der Waals surface area contributed by atoms with Gasteiger partial charge in [0.15, 0.2) is 10.9 Å². The van der Waals surface area contributed by atoms with Gasteiger partial charge in [-0.15, -0.1) is 4.80 Å². The molecule has 9 heteroatoms. The Morgan fingerprint density at radius 3 is 2.79 bits per heavy atom. The van der Waals surface area contributed by atoms with E-state index in [9.17, 15) is 4.79 Å². The summed E-state index contributed by atoms with van der Waals surface area (Å²) in [5.74, 6) is -0.388. The number of aryl methyl sites for hydroxylation is 1. The Morgan fingerprint density at radius 1 is 1.21 bits per heavy atom. The minimum Gasteiger partial charge on any atom is -0.359 e. The van der Waals surface area contributed by atoms with Crippen LogP contribution >= 0.6 is 11.3 Å². The molecular formula is C24H25FN6OS. The van der Waals surface area contributed by atoms with Crippen molar-refractivity contribution in [1.29, 1.82) is 0 Å². The number of anilines is 1. The summed E-state index contributed by atoms with van der Waals surface area (Å²) >= 11 is 1.60. The van der Waals surface area contributed by atoms with Gasteiger partial charge < -0.3 is 10.2 Å². The topological polar surface area (TPSA) is 75.9 Å². The molecule has 0 aliphatic carbocycles. The number of halogens is 1. The standard InChI is InChI=1S/C24H25FN6OS/c1-15-6-5-13-30(19(15)14-26-24-29-18-7-3-4-8-20(18)33-24)23(32)17-10-9-16(2)21(25)22(17)31-27-11-12-28-31/h3-4,7-12,15,19H,5-6,13-14H2,1-2H3,(H,26,29)/t15-,19-/m1/s1. The van der Waals surface area contributed by atoms with Gasteiger partial charge in [0.25, 0.3) is 5.91 Å². The van der Waals surface area contributed by atoms with E-state index in [1.807, 2.05) is 29.2 Å². The van der Waals surface area contributed by atoms with E-state index in [0.29, 0.717) is 24.6 Å². The lowest BCUT2D eigenvalue weighted by molar-refractivity contribution is 0.0539. The predicted molar refractivity (Wildman–Crippen MR) is 127 cm³/mol. The molecule has 0 unspecified atom stereocenters. The molecule has 33 heavy (non-hydrogen) atoms. The second-order valence-corrected chi connectivity index (χ2v) is 9.49. The number of fused-ring (bicyclic) bond motifs is 1. The number of carbonyl (C=O) groups is 1. The second kappa shape index (κ2) is 8.90. The van der Waals surface area contributed by atoms with Crippen LogP contribution in [0, 0.1) is 18.7 Å². The molecule has 0 saturated carbocycles. The van der Waals surface area contributed by atoms with Crippen molar-refractivity contribution in [2.45, 2.75) is 32.7 Å². The van der Waals surface area contributed by atoms with E-state index >= 15 is 4.39 Å². The number of hydrogen-bond donors (Lipinski definition) is 1. The van der Waals surface area contributed by atoms with E-state index in [2.05, 4.69) is 27.4 Å². The number of benzene rings is 2.